The van der Waals surface area contributed by atoms with Crippen LogP contribution < -0.4 is 0 Å². The van der Waals surface area contributed by atoms with Gasteiger partial charge in [-0.1, -0.05) is 12.1 Å². The van der Waals surface area contributed by atoms with E-state index in [0.717, 1.165) is 31.1 Å². The third kappa shape index (κ3) is 5.17. The predicted octanol–water partition coefficient (Wildman–Crippen LogP) is 2.60. The van der Waals surface area contributed by atoms with Crippen LogP contribution in [0.25, 0.3) is 0 Å². The molecule has 6 nitrogen and oxygen atoms in total. The molecular weight excluding hydrogens is 286 g/mol. The van der Waals surface area contributed by atoms with E-state index in [9.17, 15) is 0 Å². The molecule has 7 heteroatoms. The monoisotopic (exact) mass is 309 g/mol. The summed E-state index contributed by atoms with van der Waals surface area (Å²) in [6.07, 6.45) is 6.70. The molecule has 0 aliphatic rings. The molecular formula is C14H23N5OS. The molecule has 0 saturated carbocycles. The van der Waals surface area contributed by atoms with Crippen molar-refractivity contribution in [1.82, 2.24) is 24.6 Å². The Bertz CT molecular complexity index is 513. The Hall–Kier alpha value is -1.34. The van der Waals surface area contributed by atoms with Gasteiger partial charge in [0.15, 0.2) is 5.82 Å². The number of imidazole rings is 1. The average molecular weight is 309 g/mol. The molecule has 0 fully saturated rings. The van der Waals surface area contributed by atoms with Crippen molar-refractivity contribution in [1.29, 1.82) is 0 Å². The smallest absolute Gasteiger partial charge is 0.240 e. The van der Waals surface area contributed by atoms with Crippen molar-refractivity contribution in [3.05, 3.63) is 30.4 Å². The number of hydrogen-bond donors (Lipinski definition) is 0. The second-order valence-corrected chi connectivity index (χ2v) is 6.65. The van der Waals surface area contributed by atoms with Gasteiger partial charge in [-0.25, -0.2) is 4.98 Å². The van der Waals surface area contributed by atoms with Gasteiger partial charge in [0, 0.05) is 25.5 Å². The first-order valence-electron chi connectivity index (χ1n) is 7.27. The second-order valence-electron chi connectivity index (χ2n) is 5.04. The minimum absolute atomic E-state index is 0.291. The summed E-state index contributed by atoms with van der Waals surface area (Å²) in [5.74, 6) is 2.54. The molecule has 0 saturated heterocycles. The molecule has 0 radical (unpaired) electrons. The molecule has 2 aromatic heterocycles. The number of thioether (sulfide) groups is 1. The van der Waals surface area contributed by atoms with Gasteiger partial charge in [-0.3, -0.25) is 4.90 Å². The minimum atomic E-state index is 0.291. The molecule has 0 amide bonds. The number of aryl methyl sites for hydroxylation is 1. The number of rotatable bonds is 9. The van der Waals surface area contributed by atoms with Gasteiger partial charge in [0.25, 0.3) is 0 Å². The molecule has 0 aliphatic carbocycles. The lowest BCUT2D eigenvalue weighted by Crippen LogP contribution is -2.20. The molecule has 0 aliphatic heterocycles. The minimum Gasteiger partial charge on any atom is -0.338 e. The molecule has 2 aromatic rings. The third-order valence-corrected chi connectivity index (χ3v) is 4.23. The van der Waals surface area contributed by atoms with Crippen LogP contribution in [0.4, 0.5) is 0 Å². The van der Waals surface area contributed by atoms with Gasteiger partial charge in [-0.15, -0.1) is 0 Å². The van der Waals surface area contributed by atoms with Crippen LogP contribution in [0, 0.1) is 0 Å². The zero-order chi connectivity index (χ0) is 15.1. The summed E-state index contributed by atoms with van der Waals surface area (Å²) >= 11 is 1.82. The van der Waals surface area contributed by atoms with Crippen LogP contribution >= 0.6 is 11.8 Å². The van der Waals surface area contributed by atoms with Crippen LogP contribution in [-0.4, -0.2) is 43.9 Å². The first-order valence-corrected chi connectivity index (χ1v) is 8.32. The number of nitrogens with zero attached hydrogens (tertiary/aromatic N) is 5. The standard InChI is InChI=1S/C14H23N5OS/c1-4-21-12(2)14-16-13(20-17-14)10-18(3)7-5-8-19-9-6-15-11-19/h6,9,11-12H,4-5,7-8,10H2,1-3H3/t12-/m1/s1. The highest BCUT2D eigenvalue weighted by atomic mass is 32.2. The lowest BCUT2D eigenvalue weighted by molar-refractivity contribution is 0.260. The Balaban J connectivity index is 1.73. The second kappa shape index (κ2) is 8.19. The highest BCUT2D eigenvalue weighted by Gasteiger charge is 2.14. The van der Waals surface area contributed by atoms with Crippen molar-refractivity contribution in [2.24, 2.45) is 0 Å². The van der Waals surface area contributed by atoms with Crippen LogP contribution in [-0.2, 0) is 13.1 Å². The van der Waals surface area contributed by atoms with Gasteiger partial charge in [0.05, 0.1) is 18.1 Å². The quantitative estimate of drug-likeness (QED) is 0.709. The van der Waals surface area contributed by atoms with Crippen LogP contribution in [0.3, 0.4) is 0 Å². The first-order chi connectivity index (χ1) is 10.2. The third-order valence-electron chi connectivity index (χ3n) is 3.18. The van der Waals surface area contributed by atoms with Gasteiger partial charge >= 0.3 is 0 Å². The van der Waals surface area contributed by atoms with Crippen molar-refractivity contribution in [3.63, 3.8) is 0 Å². The van der Waals surface area contributed by atoms with Crippen molar-refractivity contribution in [2.45, 2.75) is 38.6 Å². The van der Waals surface area contributed by atoms with E-state index >= 15 is 0 Å². The zero-order valence-electron chi connectivity index (χ0n) is 12.9. The van der Waals surface area contributed by atoms with Crippen molar-refractivity contribution < 1.29 is 4.52 Å². The summed E-state index contributed by atoms with van der Waals surface area (Å²) in [7, 11) is 2.07. The number of aromatic nitrogens is 4. The normalized spacial score (nSPS) is 13.0. The molecule has 0 spiro atoms. The Morgan fingerprint density at radius 2 is 2.33 bits per heavy atom. The van der Waals surface area contributed by atoms with Gasteiger partial charge < -0.3 is 9.09 Å². The fraction of sp³-hybridized carbons (Fsp3) is 0.643. The van der Waals surface area contributed by atoms with E-state index in [-0.39, 0.29) is 0 Å². The zero-order valence-corrected chi connectivity index (χ0v) is 13.7. The molecule has 0 N–H and O–H groups in total. The van der Waals surface area contributed by atoms with Gasteiger partial charge in [0.1, 0.15) is 0 Å². The molecule has 21 heavy (non-hydrogen) atoms. The summed E-state index contributed by atoms with van der Waals surface area (Å²) in [6, 6.07) is 0. The van der Waals surface area contributed by atoms with Gasteiger partial charge in [0.2, 0.25) is 5.89 Å². The fourth-order valence-electron chi connectivity index (χ4n) is 2.07. The summed E-state index contributed by atoms with van der Waals surface area (Å²) in [5.41, 5.74) is 0. The van der Waals surface area contributed by atoms with E-state index in [1.165, 1.54) is 0 Å². The Kier molecular flexibility index (Phi) is 6.25. The molecule has 1 atom stereocenters. The van der Waals surface area contributed by atoms with E-state index < -0.39 is 0 Å². The number of hydrogen-bond acceptors (Lipinski definition) is 6. The molecule has 116 valence electrons. The van der Waals surface area contributed by atoms with Crippen LogP contribution in [0.2, 0.25) is 0 Å². The largest absolute Gasteiger partial charge is 0.338 e. The topological polar surface area (TPSA) is 60.0 Å². The fourth-order valence-corrected chi connectivity index (χ4v) is 2.82. The summed E-state index contributed by atoms with van der Waals surface area (Å²) in [4.78, 5) is 10.7. The first kappa shape index (κ1) is 16.0. The lowest BCUT2D eigenvalue weighted by atomic mass is 10.4. The highest BCUT2D eigenvalue weighted by molar-refractivity contribution is 7.99. The van der Waals surface area contributed by atoms with E-state index in [2.05, 4.69) is 45.5 Å². The molecule has 0 bridgehead atoms. The maximum atomic E-state index is 5.32. The predicted molar refractivity (Wildman–Crippen MR) is 84.0 cm³/mol. The Labute approximate surface area is 129 Å². The SMILES string of the molecule is CCS[C@H](C)c1noc(CN(C)CCCn2ccnc2)n1. The molecule has 2 rings (SSSR count). The molecule has 0 aromatic carbocycles. The van der Waals surface area contributed by atoms with Crippen molar-refractivity contribution in [3.8, 4) is 0 Å². The van der Waals surface area contributed by atoms with Gasteiger partial charge in [-0.05, 0) is 26.1 Å². The van der Waals surface area contributed by atoms with E-state index in [1.807, 2.05) is 24.3 Å². The summed E-state index contributed by atoms with van der Waals surface area (Å²) < 4.78 is 7.41. The van der Waals surface area contributed by atoms with Crippen LogP contribution in [0.1, 0.15) is 37.2 Å². The van der Waals surface area contributed by atoms with Crippen molar-refractivity contribution >= 4 is 11.8 Å². The van der Waals surface area contributed by atoms with E-state index in [0.29, 0.717) is 17.7 Å². The Morgan fingerprint density at radius 3 is 3.05 bits per heavy atom. The Morgan fingerprint density at radius 1 is 1.48 bits per heavy atom. The highest BCUT2D eigenvalue weighted by Crippen LogP contribution is 2.25. The maximum absolute atomic E-state index is 5.32. The van der Waals surface area contributed by atoms with Crippen molar-refractivity contribution in [2.75, 3.05) is 19.3 Å². The molecule has 0 unspecified atom stereocenters. The van der Waals surface area contributed by atoms with E-state index in [1.54, 1.807) is 6.20 Å². The van der Waals surface area contributed by atoms with Crippen LogP contribution in [0.15, 0.2) is 23.2 Å². The molecule has 2 heterocycles. The lowest BCUT2D eigenvalue weighted by Gasteiger charge is -2.13. The maximum Gasteiger partial charge on any atom is 0.240 e. The van der Waals surface area contributed by atoms with E-state index in [4.69, 9.17) is 4.52 Å². The van der Waals surface area contributed by atoms with Gasteiger partial charge in [-0.2, -0.15) is 16.7 Å². The average Bonchev–Trinajstić information content (AvgIpc) is 3.10. The summed E-state index contributed by atoms with van der Waals surface area (Å²) in [5, 5.41) is 4.35. The summed E-state index contributed by atoms with van der Waals surface area (Å²) in [6.45, 7) is 6.90. The van der Waals surface area contributed by atoms with Crippen LogP contribution in [0.5, 0.6) is 0 Å².